The highest BCUT2D eigenvalue weighted by Crippen LogP contribution is 2.28. The predicted octanol–water partition coefficient (Wildman–Crippen LogP) is 4.79. The third-order valence-electron chi connectivity index (χ3n) is 5.56. The highest BCUT2D eigenvalue weighted by molar-refractivity contribution is 7.92. The van der Waals surface area contributed by atoms with E-state index in [0.29, 0.717) is 21.3 Å². The number of halogens is 2. The molecule has 0 radical (unpaired) electrons. The molecule has 0 saturated carbocycles. The Hall–Kier alpha value is -2.29. The smallest absolute Gasteiger partial charge is 0.242 e. The van der Waals surface area contributed by atoms with Crippen molar-refractivity contribution in [2.75, 3.05) is 17.1 Å². The van der Waals surface area contributed by atoms with Crippen LogP contribution in [0.5, 0.6) is 0 Å². The van der Waals surface area contributed by atoms with Crippen molar-refractivity contribution in [3.63, 3.8) is 0 Å². The van der Waals surface area contributed by atoms with E-state index in [9.17, 15) is 18.0 Å². The maximum Gasteiger partial charge on any atom is 0.242 e. The van der Waals surface area contributed by atoms with Crippen LogP contribution in [0, 0.1) is 6.92 Å². The predicted molar refractivity (Wildman–Crippen MR) is 142 cm³/mol. The third-order valence-corrected chi connectivity index (χ3v) is 7.51. The molecule has 0 bridgehead atoms. The molecule has 0 unspecified atom stereocenters. The number of anilines is 1. The number of amides is 2. The Morgan fingerprint density at radius 3 is 2.23 bits per heavy atom. The molecule has 0 saturated heterocycles. The van der Waals surface area contributed by atoms with E-state index in [-0.39, 0.29) is 43.8 Å². The summed E-state index contributed by atoms with van der Waals surface area (Å²) in [7, 11) is -3.60. The Morgan fingerprint density at radius 2 is 1.63 bits per heavy atom. The van der Waals surface area contributed by atoms with Crippen molar-refractivity contribution < 1.29 is 18.0 Å². The lowest BCUT2D eigenvalue weighted by Gasteiger charge is -2.30. The molecule has 0 aliphatic carbocycles. The minimum atomic E-state index is -3.60. The van der Waals surface area contributed by atoms with Gasteiger partial charge >= 0.3 is 0 Å². The number of carbonyl (C=O) groups is 2. The molecule has 7 nitrogen and oxygen atoms in total. The summed E-state index contributed by atoms with van der Waals surface area (Å²) in [6.07, 6.45) is 1.43. The molecular formula is C25H33Cl2N3O4S. The molecule has 10 heteroatoms. The molecule has 0 fully saturated rings. The van der Waals surface area contributed by atoms with Crippen molar-refractivity contribution in [2.24, 2.45) is 0 Å². The molecular weight excluding hydrogens is 509 g/mol. The lowest BCUT2D eigenvalue weighted by atomic mass is 10.1. The van der Waals surface area contributed by atoms with Gasteiger partial charge in [0, 0.05) is 35.6 Å². The van der Waals surface area contributed by atoms with E-state index in [1.165, 1.54) is 9.21 Å². The first-order valence-corrected chi connectivity index (χ1v) is 14.0. The first kappa shape index (κ1) is 28.9. The van der Waals surface area contributed by atoms with E-state index in [1.807, 2.05) is 26.0 Å². The number of hydrogen-bond acceptors (Lipinski definition) is 4. The Bertz CT molecular complexity index is 1160. The molecule has 1 atom stereocenters. The van der Waals surface area contributed by atoms with Gasteiger partial charge < -0.3 is 10.2 Å². The quantitative estimate of drug-likeness (QED) is 0.443. The van der Waals surface area contributed by atoms with Gasteiger partial charge in [-0.25, -0.2) is 8.42 Å². The largest absolute Gasteiger partial charge is 0.352 e. The fourth-order valence-electron chi connectivity index (χ4n) is 3.65. The molecule has 0 aliphatic heterocycles. The van der Waals surface area contributed by atoms with E-state index < -0.39 is 16.1 Å². The van der Waals surface area contributed by atoms with Crippen molar-refractivity contribution in [3.8, 4) is 0 Å². The van der Waals surface area contributed by atoms with E-state index in [1.54, 1.807) is 44.2 Å². The molecule has 0 spiro atoms. The van der Waals surface area contributed by atoms with E-state index in [2.05, 4.69) is 5.32 Å². The van der Waals surface area contributed by atoms with Crippen molar-refractivity contribution >= 4 is 50.7 Å². The van der Waals surface area contributed by atoms with Crippen LogP contribution in [-0.2, 0) is 26.2 Å². The van der Waals surface area contributed by atoms with Crippen LogP contribution in [0.25, 0.3) is 0 Å². The second kappa shape index (κ2) is 12.6. The van der Waals surface area contributed by atoms with Gasteiger partial charge in [0.2, 0.25) is 21.8 Å². The first-order chi connectivity index (χ1) is 16.3. The number of hydrogen-bond donors (Lipinski definition) is 1. The van der Waals surface area contributed by atoms with Crippen molar-refractivity contribution in [2.45, 2.75) is 59.2 Å². The van der Waals surface area contributed by atoms with Crippen LogP contribution in [0.15, 0.2) is 42.5 Å². The molecule has 0 heterocycles. The molecule has 2 aromatic rings. The van der Waals surface area contributed by atoms with Crippen LogP contribution >= 0.6 is 23.2 Å². The minimum absolute atomic E-state index is 0.0510. The molecule has 192 valence electrons. The van der Waals surface area contributed by atoms with Gasteiger partial charge in [0.1, 0.15) is 6.04 Å². The maximum absolute atomic E-state index is 13.3. The Morgan fingerprint density at radius 1 is 1.00 bits per heavy atom. The van der Waals surface area contributed by atoms with Crippen molar-refractivity contribution in [3.05, 3.63) is 63.6 Å². The van der Waals surface area contributed by atoms with Crippen LogP contribution in [-0.4, -0.2) is 50.0 Å². The molecule has 2 amide bonds. The second-order valence-electron chi connectivity index (χ2n) is 8.77. The summed E-state index contributed by atoms with van der Waals surface area (Å²) < 4.78 is 26.3. The number of sulfonamides is 1. The SMILES string of the molecule is Cc1c(Cl)cccc1N(CCCC(=O)N(Cc1ccccc1Cl)[C@@H](C)C(=O)NC(C)C)S(C)(=O)=O. The summed E-state index contributed by atoms with van der Waals surface area (Å²) in [4.78, 5) is 27.5. The lowest BCUT2D eigenvalue weighted by molar-refractivity contribution is -0.140. The summed E-state index contributed by atoms with van der Waals surface area (Å²) in [5.74, 6) is -0.541. The fourth-order valence-corrected chi connectivity index (χ4v) is 5.03. The van der Waals surface area contributed by atoms with Crippen molar-refractivity contribution in [1.29, 1.82) is 0 Å². The van der Waals surface area contributed by atoms with Gasteiger partial charge in [-0.05, 0) is 63.4 Å². The van der Waals surface area contributed by atoms with E-state index in [0.717, 1.165) is 11.8 Å². The minimum Gasteiger partial charge on any atom is -0.352 e. The van der Waals surface area contributed by atoms with E-state index >= 15 is 0 Å². The summed E-state index contributed by atoms with van der Waals surface area (Å²) in [5.41, 5.74) is 1.84. The van der Waals surface area contributed by atoms with Crippen LogP contribution in [0.3, 0.4) is 0 Å². The zero-order chi connectivity index (χ0) is 26.3. The molecule has 0 aromatic heterocycles. The zero-order valence-corrected chi connectivity index (χ0v) is 23.0. The summed E-state index contributed by atoms with van der Waals surface area (Å²) >= 11 is 12.5. The Labute approximate surface area is 218 Å². The fraction of sp³-hybridized carbons (Fsp3) is 0.440. The van der Waals surface area contributed by atoms with Crippen LogP contribution in [0.4, 0.5) is 5.69 Å². The van der Waals surface area contributed by atoms with Crippen LogP contribution < -0.4 is 9.62 Å². The number of rotatable bonds is 11. The Balaban J connectivity index is 2.22. The summed E-state index contributed by atoms with van der Waals surface area (Å²) in [6, 6.07) is 11.4. The van der Waals surface area contributed by atoms with Gasteiger partial charge in [0.05, 0.1) is 11.9 Å². The average molecular weight is 543 g/mol. The Kier molecular flexibility index (Phi) is 10.4. The van der Waals surface area contributed by atoms with Crippen molar-refractivity contribution in [1.82, 2.24) is 10.2 Å². The third kappa shape index (κ3) is 8.12. The molecule has 2 aromatic carbocycles. The van der Waals surface area contributed by atoms with Gasteiger partial charge in [0.25, 0.3) is 0 Å². The van der Waals surface area contributed by atoms with Gasteiger partial charge in [0.15, 0.2) is 0 Å². The van der Waals surface area contributed by atoms with Gasteiger partial charge in [-0.15, -0.1) is 0 Å². The number of benzene rings is 2. The molecule has 0 aliphatic rings. The van der Waals surface area contributed by atoms with Crippen LogP contribution in [0.2, 0.25) is 10.0 Å². The highest BCUT2D eigenvalue weighted by atomic mass is 35.5. The van der Waals surface area contributed by atoms with Crippen LogP contribution in [0.1, 0.15) is 44.7 Å². The summed E-state index contributed by atoms with van der Waals surface area (Å²) in [5, 5.41) is 3.80. The van der Waals surface area contributed by atoms with E-state index in [4.69, 9.17) is 23.2 Å². The summed E-state index contributed by atoms with van der Waals surface area (Å²) in [6.45, 7) is 7.38. The molecule has 1 N–H and O–H groups in total. The number of carbonyl (C=O) groups excluding carboxylic acids is 2. The second-order valence-corrected chi connectivity index (χ2v) is 11.5. The number of nitrogens with one attached hydrogen (secondary N) is 1. The standard InChI is InChI=1S/C25H33Cl2N3O4S/c1-17(2)28-25(32)19(4)29(16-20-10-6-7-11-22(20)27)24(31)14-9-15-30(35(5,33)34)23-13-8-12-21(26)18(23)3/h6-8,10-13,17,19H,9,14-16H2,1-5H3,(H,28,32)/t19-/m0/s1. The monoisotopic (exact) mass is 541 g/mol. The van der Waals surface area contributed by atoms with Gasteiger partial charge in [-0.1, -0.05) is 47.5 Å². The molecule has 35 heavy (non-hydrogen) atoms. The lowest BCUT2D eigenvalue weighted by Crippen LogP contribution is -2.49. The van der Waals surface area contributed by atoms with Gasteiger partial charge in [-0.2, -0.15) is 0 Å². The molecule has 2 rings (SSSR count). The highest BCUT2D eigenvalue weighted by Gasteiger charge is 2.27. The maximum atomic E-state index is 13.3. The van der Waals surface area contributed by atoms with Gasteiger partial charge in [-0.3, -0.25) is 13.9 Å². The normalized spacial score (nSPS) is 12.3. The zero-order valence-electron chi connectivity index (χ0n) is 20.7. The average Bonchev–Trinajstić information content (AvgIpc) is 2.76. The number of nitrogens with zero attached hydrogens (tertiary/aromatic N) is 2. The topological polar surface area (TPSA) is 86.8 Å². The first-order valence-electron chi connectivity index (χ1n) is 11.4.